The van der Waals surface area contributed by atoms with Gasteiger partial charge >= 0.3 is 0 Å². The van der Waals surface area contributed by atoms with Gasteiger partial charge in [-0.2, -0.15) is 0 Å². The van der Waals surface area contributed by atoms with Crippen molar-refractivity contribution >= 4 is 0 Å². The molecule has 26 nitrogen and oxygen atoms in total. The van der Waals surface area contributed by atoms with E-state index in [0.29, 0.717) is 0 Å². The molecule has 0 aliphatic carbocycles. The first kappa shape index (κ1) is 46.0. The monoisotopic (exact) mass is 828 g/mol. The Hall–Kier alpha value is -1.04. The molecule has 0 bridgehead atoms. The minimum atomic E-state index is -2.70. The van der Waals surface area contributed by atoms with Crippen molar-refractivity contribution in [2.24, 2.45) is 0 Å². The Kier molecular flexibility index (Phi) is 15.7. The summed E-state index contributed by atoms with van der Waals surface area (Å²) in [6.07, 6.45) is -43.3. The number of rotatable bonds is 14. The first-order valence-electron chi connectivity index (χ1n) is 17.6. The lowest BCUT2D eigenvalue weighted by molar-refractivity contribution is -0.410. The maximum Gasteiger partial charge on any atom is 0.224 e. The second-order valence-electron chi connectivity index (χ2n) is 14.1. The van der Waals surface area contributed by atoms with Crippen molar-refractivity contribution in [1.82, 2.24) is 0 Å². The van der Waals surface area contributed by atoms with E-state index >= 15 is 0 Å². The SMILES string of the molecule is OC[C@H]1O[C@H](OC[C@H]2O[C@H](O[C@]3(CO[C@H]4O[C@H](CO)[C@H](O)[C@H](O)[C@H]4O)O[C@H](CO)[C@@H](O)[C@@H]3O)[C@H](O)[C@@H](O)[C@@H]2O[C@H]2O[C@H](CO)[C@H](O)[C@H](O)[C@H]2O)[C@H](O)[C@@H](O)[C@H]1O. The standard InChI is InChI=1S/C30H52O26/c31-1-7-12(35)16(39)20(43)26(50-7)48-5-11-24(54-28-22(45)18(41)14(37)9(3-33)52-28)19(42)23(46)29(53-11)56-30(25(47)15(38)10(4-34)55-30)6-49-27-21(44)17(40)13(36)8(2-32)51-27/h7-29,31-47H,1-6H2/t7-,8-,9-,10-,11-,12+,13+,14+,15-,16+,17+,18+,19-,20-,21-,22-,23-,24-,25+,26+,27+,28-,29-,30+/m1/s1. The van der Waals surface area contributed by atoms with Crippen LogP contribution >= 0.6 is 0 Å². The Morgan fingerprint density at radius 1 is 0.393 bits per heavy atom. The van der Waals surface area contributed by atoms with Gasteiger partial charge in [-0.05, 0) is 0 Å². The molecule has 0 aromatic rings. The summed E-state index contributed by atoms with van der Waals surface area (Å²) in [7, 11) is 0. The molecular weight excluding hydrogens is 776 g/mol. The zero-order valence-corrected chi connectivity index (χ0v) is 29.3. The Labute approximate surface area is 316 Å². The number of hydrogen-bond donors (Lipinski definition) is 17. The number of aliphatic hydroxyl groups is 17. The van der Waals surface area contributed by atoms with E-state index in [-0.39, 0.29) is 0 Å². The molecule has 56 heavy (non-hydrogen) atoms. The molecule has 0 aromatic heterocycles. The molecule has 5 aliphatic heterocycles. The summed E-state index contributed by atoms with van der Waals surface area (Å²) in [5.74, 6) is -2.70. The summed E-state index contributed by atoms with van der Waals surface area (Å²) in [6.45, 7) is -5.49. The molecule has 0 amide bonds. The van der Waals surface area contributed by atoms with Gasteiger partial charge in [-0.15, -0.1) is 0 Å². The van der Waals surface area contributed by atoms with Gasteiger partial charge in [0.15, 0.2) is 25.2 Å². The number of ether oxygens (including phenoxy) is 9. The van der Waals surface area contributed by atoms with Crippen molar-refractivity contribution in [2.75, 3.05) is 39.6 Å². The topological polar surface area (TPSA) is 427 Å². The molecule has 5 aliphatic rings. The Morgan fingerprint density at radius 3 is 1.27 bits per heavy atom. The van der Waals surface area contributed by atoms with E-state index in [4.69, 9.17) is 42.6 Å². The van der Waals surface area contributed by atoms with E-state index in [0.717, 1.165) is 0 Å². The van der Waals surface area contributed by atoms with Crippen LogP contribution in [-0.4, -0.2) is 273 Å². The van der Waals surface area contributed by atoms with Crippen LogP contribution < -0.4 is 0 Å². The van der Waals surface area contributed by atoms with Crippen LogP contribution in [0.25, 0.3) is 0 Å². The zero-order valence-electron chi connectivity index (χ0n) is 29.3. The highest BCUT2D eigenvalue weighted by molar-refractivity contribution is 5.01. The van der Waals surface area contributed by atoms with Gasteiger partial charge in [0, 0.05) is 0 Å². The largest absolute Gasteiger partial charge is 0.394 e. The molecule has 17 N–H and O–H groups in total. The van der Waals surface area contributed by atoms with Gasteiger partial charge in [0.05, 0.1) is 33.0 Å². The van der Waals surface area contributed by atoms with Crippen LogP contribution in [0.4, 0.5) is 0 Å². The van der Waals surface area contributed by atoms with Crippen LogP contribution in [0.5, 0.6) is 0 Å². The maximum absolute atomic E-state index is 11.4. The van der Waals surface area contributed by atoms with Gasteiger partial charge in [0.25, 0.3) is 0 Å². The average Bonchev–Trinajstić information content (AvgIpc) is 3.43. The molecule has 5 fully saturated rings. The van der Waals surface area contributed by atoms with Crippen molar-refractivity contribution in [3.63, 3.8) is 0 Å². The summed E-state index contributed by atoms with van der Waals surface area (Å²) in [6, 6.07) is 0. The van der Waals surface area contributed by atoms with Crippen molar-refractivity contribution in [2.45, 2.75) is 147 Å². The summed E-state index contributed by atoms with van der Waals surface area (Å²) in [5, 5.41) is 176. The number of aliphatic hydroxyl groups excluding tert-OH is 17. The summed E-state index contributed by atoms with van der Waals surface area (Å²) >= 11 is 0. The Bertz CT molecular complexity index is 1220. The molecule has 0 spiro atoms. The molecule has 26 heteroatoms. The van der Waals surface area contributed by atoms with E-state index in [1.54, 1.807) is 0 Å². The zero-order chi connectivity index (χ0) is 41.4. The fourth-order valence-corrected chi connectivity index (χ4v) is 6.89. The molecule has 0 saturated carbocycles. The molecule has 0 radical (unpaired) electrons. The van der Waals surface area contributed by atoms with E-state index in [1.165, 1.54) is 0 Å². The minimum Gasteiger partial charge on any atom is -0.394 e. The molecule has 0 aromatic carbocycles. The van der Waals surface area contributed by atoms with Gasteiger partial charge in [-0.3, -0.25) is 0 Å². The third kappa shape index (κ3) is 9.01. The summed E-state index contributed by atoms with van der Waals surface area (Å²) in [5.41, 5.74) is 0. The molecule has 0 unspecified atom stereocenters. The lowest BCUT2D eigenvalue weighted by atomic mass is 9.96. The van der Waals surface area contributed by atoms with Gasteiger partial charge in [0.2, 0.25) is 5.79 Å². The maximum atomic E-state index is 11.4. The Morgan fingerprint density at radius 2 is 0.804 bits per heavy atom. The highest BCUT2D eigenvalue weighted by Gasteiger charge is 2.60. The van der Waals surface area contributed by atoms with Crippen molar-refractivity contribution in [3.05, 3.63) is 0 Å². The fraction of sp³-hybridized carbons (Fsp3) is 1.00. The highest BCUT2D eigenvalue weighted by atomic mass is 16.8. The van der Waals surface area contributed by atoms with Crippen LogP contribution in [-0.2, 0) is 42.6 Å². The molecule has 5 rings (SSSR count). The van der Waals surface area contributed by atoms with Gasteiger partial charge in [-0.25, -0.2) is 0 Å². The van der Waals surface area contributed by atoms with Crippen LogP contribution in [0.15, 0.2) is 0 Å². The highest BCUT2D eigenvalue weighted by Crippen LogP contribution is 2.39. The lowest BCUT2D eigenvalue weighted by Crippen LogP contribution is -2.66. The van der Waals surface area contributed by atoms with Crippen molar-refractivity contribution < 1.29 is 129 Å². The third-order valence-corrected chi connectivity index (χ3v) is 10.4. The van der Waals surface area contributed by atoms with Crippen molar-refractivity contribution in [3.8, 4) is 0 Å². The van der Waals surface area contributed by atoms with E-state index in [1.807, 2.05) is 0 Å². The van der Waals surface area contributed by atoms with Crippen LogP contribution in [0, 0.1) is 0 Å². The Balaban J connectivity index is 1.42. The number of hydrogen-bond acceptors (Lipinski definition) is 26. The lowest BCUT2D eigenvalue weighted by Gasteiger charge is -2.48. The van der Waals surface area contributed by atoms with E-state index in [2.05, 4.69) is 0 Å². The van der Waals surface area contributed by atoms with Crippen molar-refractivity contribution in [1.29, 1.82) is 0 Å². The van der Waals surface area contributed by atoms with Crippen LogP contribution in [0.3, 0.4) is 0 Å². The summed E-state index contributed by atoms with van der Waals surface area (Å²) in [4.78, 5) is 0. The quantitative estimate of drug-likeness (QED) is 0.0773. The molecule has 5 heterocycles. The smallest absolute Gasteiger partial charge is 0.224 e. The van der Waals surface area contributed by atoms with Crippen LogP contribution in [0.1, 0.15) is 0 Å². The van der Waals surface area contributed by atoms with Crippen LogP contribution in [0.2, 0.25) is 0 Å². The van der Waals surface area contributed by atoms with Gasteiger partial charge in [-0.1, -0.05) is 0 Å². The predicted octanol–water partition coefficient (Wildman–Crippen LogP) is -11.9. The second-order valence-corrected chi connectivity index (χ2v) is 14.1. The van der Waals surface area contributed by atoms with Gasteiger partial charge in [0.1, 0.15) is 123 Å². The normalized spacial score (nSPS) is 53.0. The molecule has 24 atom stereocenters. The predicted molar refractivity (Wildman–Crippen MR) is 167 cm³/mol. The minimum absolute atomic E-state index is 0.843. The second kappa shape index (κ2) is 19.1. The molecule has 328 valence electrons. The third-order valence-electron chi connectivity index (χ3n) is 10.4. The fourth-order valence-electron chi connectivity index (χ4n) is 6.89. The summed E-state index contributed by atoms with van der Waals surface area (Å²) < 4.78 is 50.0. The first-order valence-corrected chi connectivity index (χ1v) is 17.6. The van der Waals surface area contributed by atoms with E-state index in [9.17, 15) is 86.8 Å². The molecular formula is C30H52O26. The molecule has 5 saturated heterocycles. The first-order chi connectivity index (χ1) is 26.4. The van der Waals surface area contributed by atoms with E-state index < -0.39 is 187 Å². The average molecular weight is 829 g/mol. The van der Waals surface area contributed by atoms with Gasteiger partial charge < -0.3 is 129 Å².